The Bertz CT molecular complexity index is 3400. The number of ketones is 1. The van der Waals surface area contributed by atoms with Crippen molar-refractivity contribution in [1.29, 1.82) is 0 Å². The van der Waals surface area contributed by atoms with Crippen molar-refractivity contribution in [3.63, 3.8) is 0 Å². The van der Waals surface area contributed by atoms with Crippen LogP contribution in [-0.4, -0.2) is 183 Å². The zero-order chi connectivity index (χ0) is 85.4. The highest BCUT2D eigenvalue weighted by Crippen LogP contribution is 2.44. The molecular formula is C95H142F2O20. The van der Waals surface area contributed by atoms with Crippen LogP contribution >= 0.6 is 0 Å². The van der Waals surface area contributed by atoms with Gasteiger partial charge in [0, 0.05) is 88.2 Å². The molecule has 4 aliphatic carbocycles. The lowest BCUT2D eigenvalue weighted by Crippen LogP contribution is -2.25. The SMILES string of the molecule is CC(C)OC(=O)CCC[C@@H]1CC[C@H]2[C@H](CC[C@H](O)COc3cc(F)ccc3F)[C@@H](O)C[C@H]2OC1.CCCC(=O)CCC/C=C\C[C@@H]1[C@@H](/C=C/[C@@H](O)CCc2ccccc2)[C@H](O)C[C@@H]1O.CCCCC[C@H](O)/C=C/[C@@H]1[C@@H](C/C=C\CCCC(=O)O)[C@@H](O)C[C@H]1O.O=C(O)CCC/C=C\C[C@@H]1[C@@H](/C=C/[C@@H](O)CCc2ccccc2)[C@H](O)C[C@@H]1O. The van der Waals surface area contributed by atoms with Crippen molar-refractivity contribution < 1.29 is 109 Å². The molecule has 0 amide bonds. The Balaban J connectivity index is 0.000000280. The number of allylic oxidation sites excluding steroid dienone is 6. The number of esters is 1. The molecule has 20 nitrogen and oxygen atoms in total. The number of rotatable bonds is 47. The minimum absolute atomic E-state index is 0.00527. The lowest BCUT2D eigenvalue weighted by atomic mass is 9.84. The van der Waals surface area contributed by atoms with Gasteiger partial charge in [0.25, 0.3) is 0 Å². The van der Waals surface area contributed by atoms with E-state index in [-0.39, 0.29) is 90.7 Å². The highest BCUT2D eigenvalue weighted by molar-refractivity contribution is 5.78. The molecule has 1 saturated heterocycles. The highest BCUT2D eigenvalue weighted by atomic mass is 19.1. The summed E-state index contributed by atoms with van der Waals surface area (Å²) in [6, 6.07) is 23.0. The highest BCUT2D eigenvalue weighted by Gasteiger charge is 2.45. The van der Waals surface area contributed by atoms with Crippen molar-refractivity contribution in [2.75, 3.05) is 13.2 Å². The molecular weight excluding hydrogens is 1500 g/mol. The van der Waals surface area contributed by atoms with Gasteiger partial charge in [-0.25, -0.2) is 8.78 Å². The van der Waals surface area contributed by atoms with Crippen LogP contribution in [0, 0.1) is 64.9 Å². The molecule has 0 bridgehead atoms. The number of ether oxygens (including phenoxy) is 3. The summed E-state index contributed by atoms with van der Waals surface area (Å²) in [7, 11) is 0. The molecule has 3 aromatic carbocycles. The van der Waals surface area contributed by atoms with Crippen molar-refractivity contribution in [3.05, 3.63) is 175 Å². The molecule has 3 aromatic rings. The van der Waals surface area contributed by atoms with E-state index in [1.54, 1.807) is 18.2 Å². The average Bonchev–Trinajstić information content (AvgIpc) is 1.67. The number of carboxylic acids is 2. The number of carbonyl (C=O) groups is 4. The summed E-state index contributed by atoms with van der Waals surface area (Å²) >= 11 is 0. The molecule has 0 spiro atoms. The monoisotopic (exact) mass is 1640 g/mol. The van der Waals surface area contributed by atoms with Crippen LogP contribution in [0.2, 0.25) is 0 Å². The molecule has 1 heterocycles. The first-order valence-corrected chi connectivity index (χ1v) is 43.6. The van der Waals surface area contributed by atoms with Gasteiger partial charge in [-0.05, 0) is 207 Å². The fraction of sp³-hybridized carbons (Fsp3) is 0.642. The first kappa shape index (κ1) is 101. The average molecular weight is 1640 g/mol. The van der Waals surface area contributed by atoms with E-state index in [9.17, 15) is 84.1 Å². The maximum absolute atomic E-state index is 13.7. The topological polar surface area (TPSA) is 359 Å². The van der Waals surface area contributed by atoms with E-state index in [1.807, 2.05) is 112 Å². The first-order valence-electron chi connectivity index (χ1n) is 43.6. The molecule has 0 radical (unpaired) electrons. The molecule has 21 atom stereocenters. The molecule has 8 rings (SSSR count). The molecule has 0 aromatic heterocycles. The summed E-state index contributed by atoms with van der Waals surface area (Å²) in [6.45, 7) is 8.32. The summed E-state index contributed by atoms with van der Waals surface area (Å²) < 4.78 is 43.5. The minimum atomic E-state index is -0.848. The number of unbranched alkanes of at least 4 members (excludes halogenated alkanes) is 5. The Morgan fingerprint density at radius 1 is 0.496 bits per heavy atom. The maximum Gasteiger partial charge on any atom is 0.306 e. The van der Waals surface area contributed by atoms with E-state index >= 15 is 0 Å². The van der Waals surface area contributed by atoms with E-state index in [2.05, 4.69) is 31.2 Å². The number of Topliss-reactive ketones (excluding diaryl/α,β-unsaturated/α-hetero) is 1. The van der Waals surface area contributed by atoms with E-state index in [4.69, 9.17) is 24.4 Å². The lowest BCUT2D eigenvalue weighted by molar-refractivity contribution is -0.147. The van der Waals surface area contributed by atoms with E-state index in [0.717, 1.165) is 102 Å². The van der Waals surface area contributed by atoms with Gasteiger partial charge in [-0.3, -0.25) is 19.2 Å². The molecule has 5 aliphatic rings. The Labute approximate surface area is 694 Å². The number of aliphatic hydroxyl groups excluding tert-OH is 11. The van der Waals surface area contributed by atoms with Gasteiger partial charge in [-0.2, -0.15) is 0 Å². The number of carbonyl (C=O) groups excluding carboxylic acids is 2. The third kappa shape index (κ3) is 40.5. The van der Waals surface area contributed by atoms with Crippen LogP contribution < -0.4 is 4.74 Å². The second-order valence-electron chi connectivity index (χ2n) is 33.1. The Hall–Kier alpha value is -6.64. The van der Waals surface area contributed by atoms with Crippen LogP contribution in [0.15, 0.2) is 152 Å². The normalized spacial score (nSPS) is 26.9. The Kier molecular flexibility index (Phi) is 49.7. The standard InChI is InChI=1S/C26H38F2O6.C26H38O4.C23H32O5.C20H34O5/c1-16(2)34-26(31)5-3-4-17-6-9-21-20(23(30)13-24(21)32-14-17)10-8-19(29)15-33-25-12-18(27)7-11-22(25)28;1-2-10-21(27)13-8-3-4-9-14-23-24(26(30)19-25(23)29)18-17-22(28)16-15-20-11-6-5-7-12-20;24-18(13-12-17-8-4-3-5-9-17)14-15-20-19(21(25)16-22(20)26)10-6-1-2-7-11-23(27)28;1-2-3-6-9-15(21)12-13-17-16(18(22)14-19(17)23)10-7-4-5-8-11-20(24)25/h7,11-12,16-17,19-21,23-24,29-30H,3-6,8-10,13-15H2,1-2H3;4-7,9,11-12,17-18,22-26,28-30H,2-3,8,10,13-16,19H2,1H3;1,3-6,8-9,14-15,18-22,24-26H,2,7,10-13,16H2,(H,27,28);4,7,12-13,15-19,21-23H,2-3,5-6,8-11,14H2,1H3,(H,24,25)/b;9-4-,18-17+;6-1-,15-14+;7-4-,13-12+/t17-,19+,20+,21+,23+,24-;22-,23+,24+,25-,26+;18-,19+,20+,21-,22+;15-,16+,17+,18-,19+/m1000/s1. The van der Waals surface area contributed by atoms with Crippen LogP contribution in [0.1, 0.15) is 238 Å². The van der Waals surface area contributed by atoms with Crippen molar-refractivity contribution >= 4 is 23.7 Å². The second-order valence-corrected chi connectivity index (χ2v) is 33.1. The molecule has 0 unspecified atom stereocenters. The van der Waals surface area contributed by atoms with E-state index in [1.165, 1.54) is 11.1 Å². The van der Waals surface area contributed by atoms with Crippen molar-refractivity contribution in [1.82, 2.24) is 0 Å². The van der Waals surface area contributed by atoms with Crippen molar-refractivity contribution in [3.8, 4) is 5.75 Å². The number of halogens is 2. The summed E-state index contributed by atoms with van der Waals surface area (Å²) in [6.07, 6.45) is 38.5. The summed E-state index contributed by atoms with van der Waals surface area (Å²) in [5.74, 6) is -2.98. The van der Waals surface area contributed by atoms with Crippen LogP contribution in [0.5, 0.6) is 5.75 Å². The third-order valence-corrected chi connectivity index (χ3v) is 23.2. The maximum atomic E-state index is 13.7. The number of aliphatic carboxylic acids is 2. The van der Waals surface area contributed by atoms with Crippen LogP contribution in [0.4, 0.5) is 8.78 Å². The number of aliphatic hydroxyl groups is 11. The van der Waals surface area contributed by atoms with Gasteiger partial charge in [0.15, 0.2) is 11.6 Å². The smallest absolute Gasteiger partial charge is 0.306 e. The molecule has 13 N–H and O–H groups in total. The number of hydrogen-bond acceptors (Lipinski definition) is 18. The van der Waals surface area contributed by atoms with Gasteiger partial charge < -0.3 is 80.6 Å². The predicted molar refractivity (Wildman–Crippen MR) is 450 cm³/mol. The summed E-state index contributed by atoms with van der Waals surface area (Å²) in [5.41, 5.74) is 2.37. The number of fused-ring (bicyclic) bond motifs is 1. The number of carboxylic acid groups (broad SMARTS) is 2. The van der Waals surface area contributed by atoms with Gasteiger partial charge in [-0.15, -0.1) is 0 Å². The number of hydrogen-bond donors (Lipinski definition) is 13. The van der Waals surface area contributed by atoms with Gasteiger partial charge in [-0.1, -0.05) is 167 Å². The van der Waals surface area contributed by atoms with Gasteiger partial charge in [0.1, 0.15) is 18.2 Å². The third-order valence-electron chi connectivity index (χ3n) is 23.2. The quantitative estimate of drug-likeness (QED) is 0.0142. The first-order chi connectivity index (χ1) is 56.2. The fourth-order valence-electron chi connectivity index (χ4n) is 16.6. The fourth-order valence-corrected chi connectivity index (χ4v) is 16.6. The molecule has 117 heavy (non-hydrogen) atoms. The van der Waals surface area contributed by atoms with Gasteiger partial charge in [0.2, 0.25) is 0 Å². The van der Waals surface area contributed by atoms with Crippen LogP contribution in [-0.2, 0) is 41.5 Å². The molecule has 22 heteroatoms. The zero-order valence-corrected chi connectivity index (χ0v) is 69.8. The van der Waals surface area contributed by atoms with Crippen molar-refractivity contribution in [2.45, 2.75) is 319 Å². The van der Waals surface area contributed by atoms with Crippen molar-refractivity contribution in [2.24, 2.45) is 53.3 Å². The van der Waals surface area contributed by atoms with E-state index < -0.39 is 90.7 Å². The summed E-state index contributed by atoms with van der Waals surface area (Å²) in [5, 5.41) is 130. The van der Waals surface area contributed by atoms with Gasteiger partial charge in [0.05, 0.1) is 79.4 Å². The van der Waals surface area contributed by atoms with Crippen LogP contribution in [0.25, 0.3) is 0 Å². The lowest BCUT2D eigenvalue weighted by Gasteiger charge is -2.24. The molecule has 656 valence electrons. The molecule has 1 aliphatic heterocycles. The number of aryl methyl sites for hydroxylation is 2. The van der Waals surface area contributed by atoms with E-state index in [0.29, 0.717) is 134 Å². The second kappa shape index (κ2) is 57.6. The summed E-state index contributed by atoms with van der Waals surface area (Å²) in [4.78, 5) is 44.3. The molecule has 4 saturated carbocycles. The van der Waals surface area contributed by atoms with Crippen LogP contribution in [0.3, 0.4) is 0 Å². The van der Waals surface area contributed by atoms with Gasteiger partial charge >= 0.3 is 17.9 Å². The predicted octanol–water partition coefficient (Wildman–Crippen LogP) is 14.9. The zero-order valence-electron chi connectivity index (χ0n) is 69.8. The Morgan fingerprint density at radius 3 is 1.43 bits per heavy atom. The Morgan fingerprint density at radius 2 is 0.966 bits per heavy atom. The number of benzene rings is 3. The molecule has 5 fully saturated rings. The minimum Gasteiger partial charge on any atom is -0.488 e. The largest absolute Gasteiger partial charge is 0.488 e.